The van der Waals surface area contributed by atoms with E-state index >= 15 is 0 Å². The monoisotopic (exact) mass is 465 g/mol. The fourth-order valence-corrected chi connectivity index (χ4v) is 5.33. The average Bonchev–Trinajstić information content (AvgIpc) is 2.94. The molecule has 5 aromatic rings. The Balaban J connectivity index is 1.48. The van der Waals surface area contributed by atoms with Crippen molar-refractivity contribution in [3.05, 3.63) is 150 Å². The van der Waals surface area contributed by atoms with Crippen molar-refractivity contribution < 1.29 is 4.79 Å². The zero-order chi connectivity index (χ0) is 24.7. The molecule has 0 N–H and O–H groups in total. The minimum Gasteiger partial charge on any atom is -0.310 e. The summed E-state index contributed by atoms with van der Waals surface area (Å²) in [6.45, 7) is 4.60. The van der Waals surface area contributed by atoms with Crippen LogP contribution in [0.5, 0.6) is 0 Å². The summed E-state index contributed by atoms with van der Waals surface area (Å²) in [5, 5.41) is 0. The lowest BCUT2D eigenvalue weighted by molar-refractivity contribution is 0.103. The largest absolute Gasteiger partial charge is 0.310 e. The molecule has 0 bridgehead atoms. The van der Waals surface area contributed by atoms with Crippen LogP contribution in [0.15, 0.2) is 127 Å². The first kappa shape index (κ1) is 22.1. The van der Waals surface area contributed by atoms with Crippen molar-refractivity contribution in [2.75, 3.05) is 4.90 Å². The first-order chi connectivity index (χ1) is 17.5. The number of carbonyl (C=O) groups is 1. The number of anilines is 3. The van der Waals surface area contributed by atoms with Crippen molar-refractivity contribution >= 4 is 22.8 Å². The van der Waals surface area contributed by atoms with Crippen molar-refractivity contribution in [2.45, 2.75) is 19.3 Å². The zero-order valence-electron chi connectivity index (χ0n) is 20.5. The van der Waals surface area contributed by atoms with Crippen LogP contribution in [0.4, 0.5) is 17.1 Å². The lowest BCUT2D eigenvalue weighted by Crippen LogP contribution is -2.30. The van der Waals surface area contributed by atoms with Gasteiger partial charge in [0.15, 0.2) is 5.78 Å². The molecule has 0 radical (unpaired) electrons. The molecule has 1 aliphatic heterocycles. The Bertz CT molecular complexity index is 1570. The van der Waals surface area contributed by atoms with Crippen LogP contribution in [0.3, 0.4) is 0 Å². The molecule has 36 heavy (non-hydrogen) atoms. The van der Waals surface area contributed by atoms with E-state index in [9.17, 15) is 4.79 Å². The van der Waals surface area contributed by atoms with E-state index in [0.717, 1.165) is 16.8 Å². The minimum absolute atomic E-state index is 0.0416. The predicted octanol–water partition coefficient (Wildman–Crippen LogP) is 8.69. The SMILES string of the molecule is CC1(C)c2ccccc2N(c2ccccc2)c2ccc(-c3cccc(C(=O)c4ccccc4)c3)cc21. The minimum atomic E-state index is -0.176. The zero-order valence-corrected chi connectivity index (χ0v) is 20.5. The third-order valence-electron chi connectivity index (χ3n) is 7.24. The van der Waals surface area contributed by atoms with E-state index in [1.807, 2.05) is 48.5 Å². The first-order valence-corrected chi connectivity index (χ1v) is 12.3. The number of fused-ring (bicyclic) bond motifs is 2. The molecule has 174 valence electrons. The van der Waals surface area contributed by atoms with Crippen molar-refractivity contribution in [3.8, 4) is 11.1 Å². The number of nitrogens with zero attached hydrogens (tertiary/aromatic N) is 1. The molecule has 0 unspecified atom stereocenters. The Morgan fingerprint density at radius 1 is 0.556 bits per heavy atom. The highest BCUT2D eigenvalue weighted by Gasteiger charge is 2.36. The van der Waals surface area contributed by atoms with Gasteiger partial charge in [-0.15, -0.1) is 0 Å². The summed E-state index contributed by atoms with van der Waals surface area (Å²) < 4.78 is 0. The average molecular weight is 466 g/mol. The lowest BCUT2D eigenvalue weighted by atomic mass is 9.73. The molecule has 1 aliphatic rings. The highest BCUT2D eigenvalue weighted by molar-refractivity contribution is 6.09. The Labute approximate surface area is 212 Å². The van der Waals surface area contributed by atoms with Gasteiger partial charge in [-0.1, -0.05) is 105 Å². The second-order valence-electron chi connectivity index (χ2n) is 9.82. The second-order valence-corrected chi connectivity index (χ2v) is 9.82. The van der Waals surface area contributed by atoms with Crippen LogP contribution >= 0.6 is 0 Å². The summed E-state index contributed by atoms with van der Waals surface area (Å²) in [7, 11) is 0. The Morgan fingerprint density at radius 3 is 1.94 bits per heavy atom. The van der Waals surface area contributed by atoms with Crippen molar-refractivity contribution in [3.63, 3.8) is 0 Å². The van der Waals surface area contributed by atoms with Crippen LogP contribution in [0.25, 0.3) is 11.1 Å². The first-order valence-electron chi connectivity index (χ1n) is 12.3. The number of rotatable bonds is 4. The van der Waals surface area contributed by atoms with E-state index in [1.165, 1.54) is 22.5 Å². The lowest BCUT2D eigenvalue weighted by Gasteiger charge is -2.42. The van der Waals surface area contributed by atoms with Gasteiger partial charge in [0.2, 0.25) is 0 Å². The van der Waals surface area contributed by atoms with Crippen LogP contribution in [0.2, 0.25) is 0 Å². The quantitative estimate of drug-likeness (QED) is 0.247. The summed E-state index contributed by atoms with van der Waals surface area (Å²) in [5.41, 5.74) is 9.49. The molecule has 0 saturated carbocycles. The number of hydrogen-bond donors (Lipinski definition) is 0. The van der Waals surface area contributed by atoms with Gasteiger partial charge in [-0.3, -0.25) is 4.79 Å². The number of hydrogen-bond acceptors (Lipinski definition) is 2. The topological polar surface area (TPSA) is 20.3 Å². The van der Waals surface area contributed by atoms with Crippen LogP contribution in [0.1, 0.15) is 40.9 Å². The molecule has 2 heteroatoms. The molecular formula is C34H27NO. The molecule has 0 amide bonds. The van der Waals surface area contributed by atoms with Gasteiger partial charge < -0.3 is 4.90 Å². The van der Waals surface area contributed by atoms with E-state index in [-0.39, 0.29) is 11.2 Å². The molecule has 0 spiro atoms. The molecule has 5 aromatic carbocycles. The summed E-state index contributed by atoms with van der Waals surface area (Å²) >= 11 is 0. The third-order valence-corrected chi connectivity index (χ3v) is 7.24. The summed E-state index contributed by atoms with van der Waals surface area (Å²) in [6.07, 6.45) is 0. The van der Waals surface area contributed by atoms with Crippen molar-refractivity contribution in [1.29, 1.82) is 0 Å². The van der Waals surface area contributed by atoms with Gasteiger partial charge in [0.25, 0.3) is 0 Å². The number of ketones is 1. The third kappa shape index (κ3) is 3.63. The number of carbonyl (C=O) groups excluding carboxylic acids is 1. The molecular weight excluding hydrogens is 438 g/mol. The highest BCUT2D eigenvalue weighted by Crippen LogP contribution is 2.52. The Hall–Kier alpha value is -4.43. The molecule has 0 fully saturated rings. The molecule has 2 nitrogen and oxygen atoms in total. The van der Waals surface area contributed by atoms with Crippen LogP contribution < -0.4 is 4.90 Å². The van der Waals surface area contributed by atoms with E-state index in [0.29, 0.717) is 11.1 Å². The normalized spacial score (nSPS) is 13.6. The van der Waals surface area contributed by atoms with Gasteiger partial charge in [0.05, 0.1) is 11.4 Å². The van der Waals surface area contributed by atoms with Crippen molar-refractivity contribution in [2.24, 2.45) is 0 Å². The standard InChI is InChI=1S/C34H27NO/c1-34(2)29-18-9-10-19-31(29)35(28-16-7-4-8-17-28)32-21-20-26(23-30(32)34)25-14-11-15-27(22-25)33(36)24-12-5-3-6-13-24/h3-23H,1-2H3. The van der Waals surface area contributed by atoms with E-state index in [2.05, 4.69) is 97.6 Å². The van der Waals surface area contributed by atoms with Gasteiger partial charge in [-0.25, -0.2) is 0 Å². The van der Waals surface area contributed by atoms with E-state index in [4.69, 9.17) is 0 Å². The van der Waals surface area contributed by atoms with Gasteiger partial charge in [0, 0.05) is 22.2 Å². The van der Waals surface area contributed by atoms with Gasteiger partial charge in [-0.2, -0.15) is 0 Å². The summed E-state index contributed by atoms with van der Waals surface area (Å²) in [5.74, 6) is 0.0416. The fourth-order valence-electron chi connectivity index (χ4n) is 5.33. The summed E-state index contributed by atoms with van der Waals surface area (Å²) in [6, 6.07) is 43.3. The van der Waals surface area contributed by atoms with Crippen LogP contribution in [0, 0.1) is 0 Å². The maximum Gasteiger partial charge on any atom is 0.193 e. The maximum absolute atomic E-state index is 13.1. The van der Waals surface area contributed by atoms with Crippen molar-refractivity contribution in [1.82, 2.24) is 0 Å². The number of benzene rings is 5. The second kappa shape index (κ2) is 8.66. The van der Waals surface area contributed by atoms with Crippen LogP contribution in [-0.4, -0.2) is 5.78 Å². The molecule has 6 rings (SSSR count). The van der Waals surface area contributed by atoms with Gasteiger partial charge >= 0.3 is 0 Å². The molecule has 0 saturated heterocycles. The van der Waals surface area contributed by atoms with Crippen LogP contribution in [-0.2, 0) is 5.41 Å². The smallest absolute Gasteiger partial charge is 0.193 e. The maximum atomic E-state index is 13.1. The summed E-state index contributed by atoms with van der Waals surface area (Å²) in [4.78, 5) is 15.5. The number of para-hydroxylation sites is 2. The van der Waals surface area contributed by atoms with E-state index in [1.54, 1.807) is 0 Å². The van der Waals surface area contributed by atoms with E-state index < -0.39 is 0 Å². The fraction of sp³-hybridized carbons (Fsp3) is 0.0882. The molecule has 0 aliphatic carbocycles. The predicted molar refractivity (Wildman–Crippen MR) is 149 cm³/mol. The van der Waals surface area contributed by atoms with Gasteiger partial charge in [0.1, 0.15) is 0 Å². The Morgan fingerprint density at radius 2 is 1.17 bits per heavy atom. The highest BCUT2D eigenvalue weighted by atomic mass is 16.1. The molecule has 1 heterocycles. The Kier molecular flexibility index (Phi) is 5.30. The molecule has 0 aromatic heterocycles. The van der Waals surface area contributed by atoms with Gasteiger partial charge in [-0.05, 0) is 58.7 Å². The molecule has 0 atom stereocenters.